The lowest BCUT2D eigenvalue weighted by molar-refractivity contribution is -0.131. The molecule has 1 saturated heterocycles. The molecule has 30 heavy (non-hydrogen) atoms. The van der Waals surface area contributed by atoms with Crippen molar-refractivity contribution in [3.05, 3.63) is 90.1 Å². The minimum atomic E-state index is -1.13. The van der Waals surface area contributed by atoms with Gasteiger partial charge in [0.25, 0.3) is 5.91 Å². The van der Waals surface area contributed by atoms with E-state index in [0.29, 0.717) is 11.5 Å². The van der Waals surface area contributed by atoms with Gasteiger partial charge in [-0.15, -0.1) is 0 Å². The first-order chi connectivity index (χ1) is 14.5. The highest BCUT2D eigenvalue weighted by atomic mass is 16.5. The number of rotatable bonds is 4. The van der Waals surface area contributed by atoms with E-state index in [1.807, 2.05) is 72.8 Å². The van der Waals surface area contributed by atoms with Crippen LogP contribution in [0.15, 0.2) is 83.4 Å². The molecule has 1 unspecified atom stereocenters. The maximum atomic E-state index is 13.2. The van der Waals surface area contributed by atoms with Crippen molar-refractivity contribution in [1.82, 2.24) is 15.4 Å². The van der Waals surface area contributed by atoms with Crippen molar-refractivity contribution in [3.63, 3.8) is 0 Å². The van der Waals surface area contributed by atoms with Gasteiger partial charge in [0.05, 0.1) is 6.54 Å². The number of carbonyl (C=O) groups excluding carboxylic acids is 2. The third-order valence-electron chi connectivity index (χ3n) is 5.54. The fraction of sp³-hybridized carbons (Fsp3) is 0.125. The minimum Gasteiger partial charge on any atom is -0.356 e. The molecule has 6 heteroatoms. The van der Waals surface area contributed by atoms with Gasteiger partial charge in [-0.25, -0.2) is 4.79 Å². The molecular formula is C24H19N3O3. The Bertz CT molecular complexity index is 1260. The number of hydrogen-bond donors (Lipinski definition) is 1. The molecule has 5 rings (SSSR count). The van der Waals surface area contributed by atoms with E-state index >= 15 is 0 Å². The lowest BCUT2D eigenvalue weighted by Crippen LogP contribution is -2.40. The summed E-state index contributed by atoms with van der Waals surface area (Å²) < 4.78 is 5.40. The zero-order valence-corrected chi connectivity index (χ0v) is 16.3. The summed E-state index contributed by atoms with van der Waals surface area (Å²) in [5, 5.41) is 8.98. The highest BCUT2D eigenvalue weighted by molar-refractivity contribution is 6.07. The first-order valence-corrected chi connectivity index (χ1v) is 9.69. The van der Waals surface area contributed by atoms with Gasteiger partial charge in [-0.05, 0) is 29.3 Å². The van der Waals surface area contributed by atoms with Gasteiger partial charge in [-0.1, -0.05) is 71.9 Å². The Balaban J connectivity index is 1.42. The molecule has 2 heterocycles. The standard InChI is InChI=1S/C24H19N3O3/c1-24(19-12-11-16-7-5-6-10-18(16)13-19)22(28)27(23(29)25-24)15-20-14-21(30-26-20)17-8-3-2-4-9-17/h2-14H,15H2,1H3,(H,25,29). The highest BCUT2D eigenvalue weighted by Gasteiger charge is 2.49. The molecule has 3 amide bonds. The average molecular weight is 397 g/mol. The summed E-state index contributed by atoms with van der Waals surface area (Å²) in [6, 6.07) is 24.6. The predicted molar refractivity (Wildman–Crippen MR) is 112 cm³/mol. The Hall–Kier alpha value is -3.93. The number of fused-ring (bicyclic) bond motifs is 1. The molecule has 1 aromatic heterocycles. The molecule has 1 N–H and O–H groups in total. The molecule has 1 aliphatic heterocycles. The maximum Gasteiger partial charge on any atom is 0.325 e. The van der Waals surface area contributed by atoms with E-state index in [0.717, 1.165) is 21.9 Å². The van der Waals surface area contributed by atoms with Gasteiger partial charge in [0, 0.05) is 11.6 Å². The summed E-state index contributed by atoms with van der Waals surface area (Å²) in [5.41, 5.74) is 1.01. The number of amides is 3. The molecule has 0 aliphatic carbocycles. The first-order valence-electron chi connectivity index (χ1n) is 9.69. The molecule has 1 atom stereocenters. The lowest BCUT2D eigenvalue weighted by Gasteiger charge is -2.22. The predicted octanol–water partition coefficient (Wildman–Crippen LogP) is 4.46. The summed E-state index contributed by atoms with van der Waals surface area (Å²) in [6.45, 7) is 1.78. The molecule has 6 nitrogen and oxygen atoms in total. The van der Waals surface area contributed by atoms with E-state index in [1.54, 1.807) is 13.0 Å². The van der Waals surface area contributed by atoms with Gasteiger partial charge in [0.1, 0.15) is 11.2 Å². The quantitative estimate of drug-likeness (QED) is 0.516. The van der Waals surface area contributed by atoms with Gasteiger partial charge in [-0.3, -0.25) is 9.69 Å². The van der Waals surface area contributed by atoms with Crippen LogP contribution in [-0.4, -0.2) is 22.0 Å². The SMILES string of the molecule is CC1(c2ccc3ccccc3c2)NC(=O)N(Cc2cc(-c3ccccc3)on2)C1=O. The van der Waals surface area contributed by atoms with E-state index in [-0.39, 0.29) is 12.5 Å². The molecule has 148 valence electrons. The molecule has 4 aromatic rings. The van der Waals surface area contributed by atoms with Crippen LogP contribution in [0.5, 0.6) is 0 Å². The molecular weight excluding hydrogens is 378 g/mol. The number of imide groups is 1. The molecule has 1 fully saturated rings. The highest BCUT2D eigenvalue weighted by Crippen LogP contribution is 2.32. The fourth-order valence-electron chi connectivity index (χ4n) is 3.82. The zero-order valence-electron chi connectivity index (χ0n) is 16.3. The van der Waals surface area contributed by atoms with Crippen LogP contribution in [0.25, 0.3) is 22.1 Å². The summed E-state index contributed by atoms with van der Waals surface area (Å²) in [6.07, 6.45) is 0. The number of benzene rings is 3. The summed E-state index contributed by atoms with van der Waals surface area (Å²) >= 11 is 0. The van der Waals surface area contributed by atoms with E-state index in [9.17, 15) is 9.59 Å². The van der Waals surface area contributed by atoms with E-state index in [1.165, 1.54) is 4.90 Å². The number of nitrogens with zero attached hydrogens (tertiary/aromatic N) is 2. The Morgan fingerprint density at radius 1 is 0.933 bits per heavy atom. The van der Waals surface area contributed by atoms with Crippen molar-refractivity contribution in [1.29, 1.82) is 0 Å². The number of aromatic nitrogens is 1. The van der Waals surface area contributed by atoms with Crippen molar-refractivity contribution in [2.24, 2.45) is 0 Å². The molecule has 0 bridgehead atoms. The fourth-order valence-corrected chi connectivity index (χ4v) is 3.82. The Morgan fingerprint density at radius 3 is 2.47 bits per heavy atom. The van der Waals surface area contributed by atoms with Crippen LogP contribution in [0, 0.1) is 0 Å². The second-order valence-electron chi connectivity index (χ2n) is 7.56. The van der Waals surface area contributed by atoms with Crippen LogP contribution < -0.4 is 5.32 Å². The molecule has 0 saturated carbocycles. The smallest absolute Gasteiger partial charge is 0.325 e. The largest absolute Gasteiger partial charge is 0.356 e. The molecule has 1 aliphatic rings. The van der Waals surface area contributed by atoms with Gasteiger partial charge < -0.3 is 9.84 Å². The monoisotopic (exact) mass is 397 g/mol. The number of nitrogens with one attached hydrogen (secondary N) is 1. The van der Waals surface area contributed by atoms with Gasteiger partial charge in [0.15, 0.2) is 5.76 Å². The van der Waals surface area contributed by atoms with Crippen molar-refractivity contribution >= 4 is 22.7 Å². The lowest BCUT2D eigenvalue weighted by atomic mass is 9.90. The van der Waals surface area contributed by atoms with Crippen molar-refractivity contribution in [2.45, 2.75) is 19.0 Å². The Labute approximate surface area is 173 Å². The van der Waals surface area contributed by atoms with Crippen LogP contribution in [0.3, 0.4) is 0 Å². The Kier molecular flexibility index (Phi) is 4.13. The normalized spacial score (nSPS) is 18.8. The topological polar surface area (TPSA) is 75.4 Å². The summed E-state index contributed by atoms with van der Waals surface area (Å²) in [7, 11) is 0. The average Bonchev–Trinajstić information content (AvgIpc) is 3.33. The van der Waals surface area contributed by atoms with Crippen molar-refractivity contribution in [2.75, 3.05) is 0 Å². The number of urea groups is 1. The van der Waals surface area contributed by atoms with Crippen LogP contribution in [0.2, 0.25) is 0 Å². The van der Waals surface area contributed by atoms with Gasteiger partial charge >= 0.3 is 6.03 Å². The maximum absolute atomic E-state index is 13.2. The zero-order chi connectivity index (χ0) is 20.7. The van der Waals surface area contributed by atoms with Crippen molar-refractivity contribution < 1.29 is 14.1 Å². The van der Waals surface area contributed by atoms with Crippen LogP contribution >= 0.6 is 0 Å². The van der Waals surface area contributed by atoms with E-state index < -0.39 is 11.6 Å². The summed E-state index contributed by atoms with van der Waals surface area (Å²) in [4.78, 5) is 27.1. The van der Waals surface area contributed by atoms with Crippen LogP contribution in [-0.2, 0) is 16.9 Å². The molecule has 3 aromatic carbocycles. The third kappa shape index (κ3) is 2.93. The van der Waals surface area contributed by atoms with E-state index in [2.05, 4.69) is 10.5 Å². The van der Waals surface area contributed by atoms with Crippen molar-refractivity contribution in [3.8, 4) is 11.3 Å². The van der Waals surface area contributed by atoms with Crippen LogP contribution in [0.1, 0.15) is 18.2 Å². The molecule has 0 radical (unpaired) electrons. The van der Waals surface area contributed by atoms with E-state index in [4.69, 9.17) is 4.52 Å². The Morgan fingerprint density at radius 2 is 1.67 bits per heavy atom. The number of carbonyl (C=O) groups is 2. The molecule has 0 spiro atoms. The second kappa shape index (κ2) is 6.84. The van der Waals surface area contributed by atoms with Crippen LogP contribution in [0.4, 0.5) is 4.79 Å². The number of hydrogen-bond acceptors (Lipinski definition) is 4. The second-order valence-corrected chi connectivity index (χ2v) is 7.56. The first kappa shape index (κ1) is 18.1. The van der Waals surface area contributed by atoms with Gasteiger partial charge in [0.2, 0.25) is 0 Å². The van der Waals surface area contributed by atoms with Gasteiger partial charge in [-0.2, -0.15) is 0 Å². The minimum absolute atomic E-state index is 0.0458. The summed E-state index contributed by atoms with van der Waals surface area (Å²) in [5.74, 6) is 0.280. The third-order valence-corrected chi connectivity index (χ3v) is 5.54.